The number of methoxy groups -OCH3 is 1. The fraction of sp³-hybridized carbons (Fsp3) is 0.0667. The van der Waals surface area contributed by atoms with Gasteiger partial charge in [0.2, 0.25) is 5.89 Å². The minimum Gasteiger partial charge on any atom is -0.464 e. The molecule has 3 aromatic rings. The lowest BCUT2D eigenvalue weighted by molar-refractivity contribution is 0.0595. The molecule has 22 heavy (non-hydrogen) atoms. The van der Waals surface area contributed by atoms with Gasteiger partial charge in [-0.2, -0.15) is 0 Å². The number of oxazole rings is 1. The zero-order chi connectivity index (χ0) is 15.5. The molecule has 0 bridgehead atoms. The van der Waals surface area contributed by atoms with Crippen LogP contribution in [0.25, 0.3) is 22.7 Å². The summed E-state index contributed by atoms with van der Waals surface area (Å²) in [5, 5.41) is 0.480. The van der Waals surface area contributed by atoms with Crippen LogP contribution in [0.5, 0.6) is 0 Å². The van der Waals surface area contributed by atoms with Gasteiger partial charge in [0.15, 0.2) is 5.69 Å². The van der Waals surface area contributed by atoms with E-state index < -0.39 is 5.97 Å². The smallest absolute Gasteiger partial charge is 0.357 e. The van der Waals surface area contributed by atoms with Crippen LogP contribution in [-0.2, 0) is 4.74 Å². The molecule has 110 valence electrons. The maximum Gasteiger partial charge on any atom is 0.357 e. The molecule has 3 heterocycles. The van der Waals surface area contributed by atoms with Crippen LogP contribution < -0.4 is 0 Å². The molecule has 0 saturated heterocycles. The molecule has 0 unspecified atom stereocenters. The number of rotatable bonds is 3. The number of esters is 1. The summed E-state index contributed by atoms with van der Waals surface area (Å²) in [5.41, 5.74) is 1.82. The van der Waals surface area contributed by atoms with Crippen LogP contribution in [0.4, 0.5) is 0 Å². The Morgan fingerprint density at radius 1 is 1.36 bits per heavy atom. The predicted octanol–water partition coefficient (Wildman–Crippen LogP) is 3.24. The van der Waals surface area contributed by atoms with Gasteiger partial charge in [-0.25, -0.2) is 14.8 Å². The molecule has 6 nitrogen and oxygen atoms in total. The van der Waals surface area contributed by atoms with Gasteiger partial charge < -0.3 is 9.15 Å². The molecule has 0 aliphatic heterocycles. The number of ether oxygens (including phenoxy) is 1. The van der Waals surface area contributed by atoms with Gasteiger partial charge >= 0.3 is 5.97 Å². The first kappa shape index (κ1) is 14.2. The number of carbonyl (C=O) groups is 1. The Labute approximate surface area is 130 Å². The second-order valence-corrected chi connectivity index (χ2v) is 4.76. The average molecular weight is 316 g/mol. The van der Waals surface area contributed by atoms with Crippen molar-refractivity contribution in [3.63, 3.8) is 0 Å². The molecular weight excluding hydrogens is 306 g/mol. The van der Waals surface area contributed by atoms with Gasteiger partial charge in [-0.15, -0.1) is 0 Å². The quantitative estimate of drug-likeness (QED) is 0.690. The summed E-state index contributed by atoms with van der Waals surface area (Å²) in [6.45, 7) is 0. The molecule has 0 saturated carbocycles. The average Bonchev–Trinajstić information content (AvgIpc) is 3.04. The third-order valence-electron chi connectivity index (χ3n) is 2.92. The van der Waals surface area contributed by atoms with Gasteiger partial charge in [-0.3, -0.25) is 4.98 Å². The number of pyridine rings is 2. The monoisotopic (exact) mass is 315 g/mol. The van der Waals surface area contributed by atoms with Crippen molar-refractivity contribution in [2.45, 2.75) is 0 Å². The number of nitrogens with zero attached hydrogens (tertiary/aromatic N) is 3. The first-order valence-corrected chi connectivity index (χ1v) is 6.67. The van der Waals surface area contributed by atoms with Gasteiger partial charge in [0.25, 0.3) is 0 Å². The Hall–Kier alpha value is -2.73. The molecular formula is C15H10ClN3O3. The molecule has 0 aliphatic rings. The number of hydrogen-bond acceptors (Lipinski definition) is 6. The summed E-state index contributed by atoms with van der Waals surface area (Å²) in [4.78, 5) is 24.1. The van der Waals surface area contributed by atoms with Gasteiger partial charge in [0.1, 0.15) is 12.0 Å². The van der Waals surface area contributed by atoms with Crippen molar-refractivity contribution in [3.8, 4) is 22.7 Å². The van der Waals surface area contributed by atoms with Crippen LogP contribution in [0.2, 0.25) is 5.02 Å². The standard InChI is InChI=1S/C15H10ClN3O3/c1-21-15(20)13-11(3-2-4-18-13)12-8-22-14(19-12)9-5-10(16)7-17-6-9/h2-8H,1H3. The lowest BCUT2D eigenvalue weighted by atomic mass is 10.1. The molecule has 0 aliphatic carbocycles. The van der Waals surface area contributed by atoms with E-state index in [0.29, 0.717) is 27.7 Å². The minimum absolute atomic E-state index is 0.175. The Kier molecular flexibility index (Phi) is 3.84. The molecule has 0 fully saturated rings. The molecule has 0 radical (unpaired) electrons. The first-order valence-electron chi connectivity index (χ1n) is 6.29. The molecule has 0 amide bonds. The van der Waals surface area contributed by atoms with Crippen molar-refractivity contribution < 1.29 is 13.9 Å². The van der Waals surface area contributed by atoms with E-state index in [0.717, 1.165) is 0 Å². The molecule has 7 heteroatoms. The Morgan fingerprint density at radius 2 is 2.23 bits per heavy atom. The van der Waals surface area contributed by atoms with Gasteiger partial charge in [-0.05, 0) is 18.2 Å². The van der Waals surface area contributed by atoms with Gasteiger partial charge in [-0.1, -0.05) is 11.6 Å². The van der Waals surface area contributed by atoms with Gasteiger partial charge in [0, 0.05) is 24.2 Å². The predicted molar refractivity (Wildman–Crippen MR) is 79.3 cm³/mol. The van der Waals surface area contributed by atoms with Crippen molar-refractivity contribution in [2.75, 3.05) is 7.11 Å². The van der Waals surface area contributed by atoms with Crippen molar-refractivity contribution >= 4 is 17.6 Å². The Morgan fingerprint density at radius 3 is 3.00 bits per heavy atom. The lowest BCUT2D eigenvalue weighted by Crippen LogP contribution is -2.06. The zero-order valence-corrected chi connectivity index (χ0v) is 12.2. The Balaban J connectivity index is 2.03. The van der Waals surface area contributed by atoms with E-state index in [2.05, 4.69) is 15.0 Å². The topological polar surface area (TPSA) is 78.1 Å². The minimum atomic E-state index is -0.537. The lowest BCUT2D eigenvalue weighted by Gasteiger charge is -2.02. The normalized spacial score (nSPS) is 10.5. The van der Waals surface area contributed by atoms with Crippen molar-refractivity contribution in [3.05, 3.63) is 53.8 Å². The largest absolute Gasteiger partial charge is 0.464 e. The summed E-state index contributed by atoms with van der Waals surface area (Å²) >= 11 is 5.90. The van der Waals surface area contributed by atoms with E-state index in [1.54, 1.807) is 24.4 Å². The van der Waals surface area contributed by atoms with E-state index in [1.165, 1.54) is 25.8 Å². The molecule has 0 aromatic carbocycles. The number of carbonyl (C=O) groups excluding carboxylic acids is 1. The van der Waals surface area contributed by atoms with Crippen molar-refractivity contribution in [2.24, 2.45) is 0 Å². The maximum atomic E-state index is 11.8. The molecule has 3 aromatic heterocycles. The summed E-state index contributed by atoms with van der Waals surface area (Å²) in [5.74, 6) is -0.186. The van der Waals surface area contributed by atoms with Crippen LogP contribution in [0.3, 0.4) is 0 Å². The molecule has 0 N–H and O–H groups in total. The second-order valence-electron chi connectivity index (χ2n) is 4.32. The van der Waals surface area contributed by atoms with Gasteiger partial charge in [0.05, 0.1) is 17.7 Å². The molecule has 0 spiro atoms. The Bertz CT molecular complexity index is 832. The van der Waals surface area contributed by atoms with E-state index in [9.17, 15) is 4.79 Å². The molecule has 3 rings (SSSR count). The van der Waals surface area contributed by atoms with Crippen LogP contribution in [0.15, 0.2) is 47.5 Å². The SMILES string of the molecule is COC(=O)c1ncccc1-c1coc(-c2cncc(Cl)c2)n1. The van der Waals surface area contributed by atoms with Crippen LogP contribution in [0, 0.1) is 0 Å². The van der Waals surface area contributed by atoms with Crippen molar-refractivity contribution in [1.29, 1.82) is 0 Å². The zero-order valence-electron chi connectivity index (χ0n) is 11.5. The van der Waals surface area contributed by atoms with E-state index >= 15 is 0 Å². The summed E-state index contributed by atoms with van der Waals surface area (Å²) < 4.78 is 10.2. The van der Waals surface area contributed by atoms with E-state index in [1.807, 2.05) is 0 Å². The summed E-state index contributed by atoms with van der Waals surface area (Å²) in [6.07, 6.45) is 6.06. The highest BCUT2D eigenvalue weighted by Gasteiger charge is 2.18. The number of halogens is 1. The third kappa shape index (κ3) is 2.68. The second kappa shape index (κ2) is 5.95. The molecule has 0 atom stereocenters. The first-order chi connectivity index (χ1) is 10.7. The third-order valence-corrected chi connectivity index (χ3v) is 3.13. The van der Waals surface area contributed by atoms with Crippen molar-refractivity contribution in [1.82, 2.24) is 15.0 Å². The van der Waals surface area contributed by atoms with E-state index in [4.69, 9.17) is 20.8 Å². The fourth-order valence-corrected chi connectivity index (χ4v) is 2.10. The summed E-state index contributed by atoms with van der Waals surface area (Å²) in [7, 11) is 1.30. The van der Waals surface area contributed by atoms with E-state index in [-0.39, 0.29) is 5.69 Å². The maximum absolute atomic E-state index is 11.8. The van der Waals surface area contributed by atoms with Crippen LogP contribution in [-0.4, -0.2) is 28.0 Å². The fourth-order valence-electron chi connectivity index (χ4n) is 1.93. The number of aromatic nitrogens is 3. The summed E-state index contributed by atoms with van der Waals surface area (Å²) in [6, 6.07) is 5.11. The van der Waals surface area contributed by atoms with Crippen LogP contribution >= 0.6 is 11.6 Å². The highest BCUT2D eigenvalue weighted by Crippen LogP contribution is 2.27. The highest BCUT2D eigenvalue weighted by molar-refractivity contribution is 6.30. The highest BCUT2D eigenvalue weighted by atomic mass is 35.5. The van der Waals surface area contributed by atoms with Crippen LogP contribution in [0.1, 0.15) is 10.5 Å². The number of hydrogen-bond donors (Lipinski definition) is 0.